The van der Waals surface area contributed by atoms with Crippen molar-refractivity contribution in [1.29, 1.82) is 0 Å². The first-order valence-corrected chi connectivity index (χ1v) is 7.94. The van der Waals surface area contributed by atoms with Crippen molar-refractivity contribution < 1.29 is 28.6 Å². The Balaban J connectivity index is 3.07. The summed E-state index contributed by atoms with van der Waals surface area (Å²) in [5.74, 6) is -1.32. The maximum Gasteiger partial charge on any atom is 0.345 e. The molecule has 0 saturated heterocycles. The third-order valence-corrected chi connectivity index (χ3v) is 5.09. The molecule has 112 valence electrons. The van der Waals surface area contributed by atoms with Crippen molar-refractivity contribution in [1.82, 2.24) is 0 Å². The zero-order chi connectivity index (χ0) is 15.2. The maximum atomic E-state index is 12.6. The number of carboxylic acids is 1. The smallest absolute Gasteiger partial charge is 0.345 e. The van der Waals surface area contributed by atoms with E-state index in [9.17, 15) is 19.6 Å². The predicted octanol–water partition coefficient (Wildman–Crippen LogP) is 2.65. The zero-order valence-corrected chi connectivity index (χ0v) is 12.4. The maximum absolute atomic E-state index is 12.6. The first-order valence-electron chi connectivity index (χ1n) is 6.33. The molecule has 6 nitrogen and oxygen atoms in total. The Morgan fingerprint density at radius 1 is 1.25 bits per heavy atom. The van der Waals surface area contributed by atoms with Crippen molar-refractivity contribution in [3.63, 3.8) is 0 Å². The highest BCUT2D eigenvalue weighted by Crippen LogP contribution is 2.54. The van der Waals surface area contributed by atoms with Crippen molar-refractivity contribution in [3.8, 4) is 5.75 Å². The van der Waals surface area contributed by atoms with Gasteiger partial charge < -0.3 is 19.3 Å². The van der Waals surface area contributed by atoms with E-state index in [-0.39, 0.29) is 25.4 Å². The van der Waals surface area contributed by atoms with Gasteiger partial charge in [-0.25, -0.2) is 0 Å². The summed E-state index contributed by atoms with van der Waals surface area (Å²) in [6.45, 7) is 3.40. The van der Waals surface area contributed by atoms with Gasteiger partial charge in [0.25, 0.3) is 0 Å². The van der Waals surface area contributed by atoms with Gasteiger partial charge in [-0.2, -0.15) is 0 Å². The molecule has 1 atom stereocenters. The molecule has 20 heavy (non-hydrogen) atoms. The van der Waals surface area contributed by atoms with Crippen molar-refractivity contribution in [2.24, 2.45) is 0 Å². The van der Waals surface area contributed by atoms with Crippen LogP contribution in [0.25, 0.3) is 0 Å². The fourth-order valence-corrected chi connectivity index (χ4v) is 3.65. The summed E-state index contributed by atoms with van der Waals surface area (Å²) >= 11 is 0. The van der Waals surface area contributed by atoms with E-state index in [1.54, 1.807) is 32.0 Å². The van der Waals surface area contributed by atoms with E-state index < -0.39 is 19.2 Å². The second-order valence-corrected chi connectivity index (χ2v) is 6.28. The molecule has 0 radical (unpaired) electrons. The Hall–Kier alpha value is -1.36. The van der Waals surface area contributed by atoms with E-state index in [0.29, 0.717) is 5.56 Å². The SMILES string of the molecule is CCOP(=O)(OCC)C(Cc1ccccc1O)C(=O)O. The Bertz CT molecular complexity index is 491. The molecule has 0 amide bonds. The Labute approximate surface area is 117 Å². The minimum Gasteiger partial charge on any atom is -0.508 e. The van der Waals surface area contributed by atoms with Crippen LogP contribution in [0.3, 0.4) is 0 Å². The highest BCUT2D eigenvalue weighted by molar-refractivity contribution is 7.55. The monoisotopic (exact) mass is 302 g/mol. The number of benzene rings is 1. The fraction of sp³-hybridized carbons (Fsp3) is 0.462. The van der Waals surface area contributed by atoms with E-state index in [2.05, 4.69) is 0 Å². The topological polar surface area (TPSA) is 93.1 Å². The van der Waals surface area contributed by atoms with Crippen LogP contribution >= 0.6 is 7.60 Å². The minimum atomic E-state index is -3.78. The Morgan fingerprint density at radius 2 is 1.80 bits per heavy atom. The molecule has 0 heterocycles. The molecule has 0 fully saturated rings. The molecule has 1 rings (SSSR count). The van der Waals surface area contributed by atoms with Crippen LogP contribution in [0.5, 0.6) is 5.75 Å². The van der Waals surface area contributed by atoms with Crippen LogP contribution in [0.1, 0.15) is 19.4 Å². The van der Waals surface area contributed by atoms with Gasteiger partial charge in [-0.3, -0.25) is 9.36 Å². The van der Waals surface area contributed by atoms with Gasteiger partial charge in [0.05, 0.1) is 13.2 Å². The van der Waals surface area contributed by atoms with Crippen LogP contribution in [0, 0.1) is 0 Å². The van der Waals surface area contributed by atoms with Crippen molar-refractivity contribution in [3.05, 3.63) is 29.8 Å². The summed E-state index contributed by atoms with van der Waals surface area (Å²) in [7, 11) is -3.78. The van der Waals surface area contributed by atoms with Crippen LogP contribution in [-0.4, -0.2) is 35.1 Å². The number of phenols is 1. The normalized spacial score (nSPS) is 13.1. The highest BCUT2D eigenvalue weighted by Gasteiger charge is 2.41. The molecule has 0 bridgehead atoms. The molecule has 1 aromatic rings. The summed E-state index contributed by atoms with van der Waals surface area (Å²) in [4.78, 5) is 11.4. The number of rotatable bonds is 8. The van der Waals surface area contributed by atoms with Crippen LogP contribution in [-0.2, 0) is 24.8 Å². The molecule has 0 aliphatic heterocycles. The van der Waals surface area contributed by atoms with Crippen LogP contribution < -0.4 is 0 Å². The summed E-state index contributed by atoms with van der Waals surface area (Å²) in [5, 5.41) is 19.0. The number of para-hydroxylation sites is 1. The van der Waals surface area contributed by atoms with Crippen molar-refractivity contribution in [2.75, 3.05) is 13.2 Å². The molecule has 7 heteroatoms. The van der Waals surface area contributed by atoms with Gasteiger partial charge in [-0.05, 0) is 25.5 Å². The number of aromatic hydroxyl groups is 1. The molecule has 0 aliphatic carbocycles. The quantitative estimate of drug-likeness (QED) is 0.717. The van der Waals surface area contributed by atoms with Gasteiger partial charge in [0, 0.05) is 6.42 Å². The number of hydrogen-bond acceptors (Lipinski definition) is 5. The third kappa shape index (κ3) is 4.07. The van der Waals surface area contributed by atoms with E-state index in [1.807, 2.05) is 0 Å². The van der Waals surface area contributed by atoms with Gasteiger partial charge in [0.2, 0.25) is 0 Å². The van der Waals surface area contributed by atoms with E-state index in [0.717, 1.165) is 0 Å². The summed E-state index contributed by atoms with van der Waals surface area (Å²) < 4.78 is 22.7. The number of phenolic OH excluding ortho intramolecular Hbond substituents is 1. The zero-order valence-electron chi connectivity index (χ0n) is 11.5. The van der Waals surface area contributed by atoms with Crippen LogP contribution in [0.2, 0.25) is 0 Å². The molecule has 0 aliphatic rings. The van der Waals surface area contributed by atoms with Crippen molar-refractivity contribution in [2.45, 2.75) is 25.9 Å². The van der Waals surface area contributed by atoms with Crippen molar-refractivity contribution >= 4 is 13.6 Å². The first kappa shape index (κ1) is 16.7. The molecule has 0 saturated carbocycles. The second-order valence-electron chi connectivity index (χ2n) is 4.06. The number of hydrogen-bond donors (Lipinski definition) is 2. The molecule has 1 aromatic carbocycles. The molecule has 2 N–H and O–H groups in total. The van der Waals surface area contributed by atoms with Gasteiger partial charge in [-0.1, -0.05) is 18.2 Å². The lowest BCUT2D eigenvalue weighted by Crippen LogP contribution is -2.25. The summed E-state index contributed by atoms with van der Waals surface area (Å²) in [6, 6.07) is 6.31. The van der Waals surface area contributed by atoms with E-state index in [4.69, 9.17) is 9.05 Å². The van der Waals surface area contributed by atoms with Gasteiger partial charge >= 0.3 is 13.6 Å². The van der Waals surface area contributed by atoms with E-state index >= 15 is 0 Å². The standard InChI is InChI=1S/C13H19O6P/c1-3-18-20(17,19-4-2)12(13(15)16)9-10-7-5-6-8-11(10)14/h5-8,12,14H,3-4,9H2,1-2H3,(H,15,16). The van der Waals surface area contributed by atoms with Crippen LogP contribution in [0.15, 0.2) is 24.3 Å². The highest BCUT2D eigenvalue weighted by atomic mass is 31.2. The second kappa shape index (κ2) is 7.43. The third-order valence-electron chi connectivity index (χ3n) is 2.69. The lowest BCUT2D eigenvalue weighted by Gasteiger charge is -2.23. The Morgan fingerprint density at radius 3 is 2.25 bits per heavy atom. The van der Waals surface area contributed by atoms with Crippen LogP contribution in [0.4, 0.5) is 0 Å². The average molecular weight is 302 g/mol. The largest absolute Gasteiger partial charge is 0.508 e. The van der Waals surface area contributed by atoms with E-state index in [1.165, 1.54) is 6.07 Å². The van der Waals surface area contributed by atoms with Gasteiger partial charge in [-0.15, -0.1) is 0 Å². The fourth-order valence-electron chi connectivity index (χ4n) is 1.80. The molecular formula is C13H19O6P. The lowest BCUT2D eigenvalue weighted by atomic mass is 10.1. The molecule has 0 aromatic heterocycles. The molecule has 1 unspecified atom stereocenters. The minimum absolute atomic E-state index is 0.0432. The summed E-state index contributed by atoms with van der Waals surface area (Å²) in [6.07, 6.45) is -0.126. The number of carbonyl (C=O) groups is 1. The predicted molar refractivity (Wildman–Crippen MR) is 74.1 cm³/mol. The lowest BCUT2D eigenvalue weighted by molar-refractivity contribution is -0.137. The number of carboxylic acid groups (broad SMARTS) is 1. The molecule has 0 spiro atoms. The average Bonchev–Trinajstić information content (AvgIpc) is 2.37. The summed E-state index contributed by atoms with van der Waals surface area (Å²) in [5.41, 5.74) is -0.963. The van der Waals surface area contributed by atoms with Gasteiger partial charge in [0.15, 0.2) is 5.66 Å². The Kier molecular flexibility index (Phi) is 6.20. The molecular weight excluding hydrogens is 283 g/mol. The number of aliphatic carboxylic acids is 1. The first-order chi connectivity index (χ1) is 9.44. The van der Waals surface area contributed by atoms with Gasteiger partial charge in [0.1, 0.15) is 5.75 Å².